The van der Waals surface area contributed by atoms with Gasteiger partial charge in [-0.1, -0.05) is 29.8 Å². The number of hydrogen-bond donors (Lipinski definition) is 2. The van der Waals surface area contributed by atoms with Gasteiger partial charge in [0.15, 0.2) is 6.04 Å². The predicted octanol–water partition coefficient (Wildman–Crippen LogP) is 0.626. The van der Waals surface area contributed by atoms with E-state index in [-0.39, 0.29) is 0 Å². The number of aliphatic carboxylic acids is 1. The van der Waals surface area contributed by atoms with E-state index < -0.39 is 17.9 Å². The van der Waals surface area contributed by atoms with Crippen LogP contribution in [0.1, 0.15) is 11.1 Å². The van der Waals surface area contributed by atoms with Crippen LogP contribution in [0.5, 0.6) is 0 Å². The normalized spacial score (nSPS) is 11.9. The summed E-state index contributed by atoms with van der Waals surface area (Å²) in [7, 11) is 3.05. The van der Waals surface area contributed by atoms with Crippen molar-refractivity contribution in [2.75, 3.05) is 14.1 Å². The van der Waals surface area contributed by atoms with Crippen molar-refractivity contribution >= 4 is 11.9 Å². The Kier molecular flexibility index (Phi) is 4.85. The first kappa shape index (κ1) is 14.2. The topological polar surface area (TPSA) is 69.6 Å². The van der Waals surface area contributed by atoms with Crippen molar-refractivity contribution in [1.29, 1.82) is 0 Å². The molecule has 5 heteroatoms. The average Bonchev–Trinajstić information content (AvgIpc) is 2.32. The smallest absolute Gasteiger partial charge is 0.330 e. The lowest BCUT2D eigenvalue weighted by atomic mass is 10.1. The van der Waals surface area contributed by atoms with E-state index in [1.807, 2.05) is 31.2 Å². The quantitative estimate of drug-likeness (QED) is 0.752. The maximum atomic E-state index is 11.9. The van der Waals surface area contributed by atoms with Gasteiger partial charge in [-0.3, -0.25) is 10.1 Å². The molecule has 1 aromatic carbocycles. The largest absolute Gasteiger partial charge is 0.480 e. The van der Waals surface area contributed by atoms with Crippen molar-refractivity contribution in [1.82, 2.24) is 10.2 Å². The molecular formula is C13H18N2O3. The standard InChI is InChI=1S/C13H18N2O3/c1-9-4-6-10(7-5-9)8-15(3)12(16)11(14-2)13(17)18/h4-7,11,14H,8H2,1-3H3,(H,17,18). The van der Waals surface area contributed by atoms with Crippen LogP contribution in [0.15, 0.2) is 24.3 Å². The molecule has 0 bridgehead atoms. The number of nitrogens with zero attached hydrogens (tertiary/aromatic N) is 1. The number of carbonyl (C=O) groups is 2. The number of likely N-dealkylation sites (N-methyl/N-ethyl adjacent to an activating group) is 2. The number of carbonyl (C=O) groups excluding carboxylic acids is 1. The summed E-state index contributed by atoms with van der Waals surface area (Å²) in [5.74, 6) is -1.62. The van der Waals surface area contributed by atoms with Gasteiger partial charge in [-0.05, 0) is 19.5 Å². The Morgan fingerprint density at radius 3 is 2.33 bits per heavy atom. The summed E-state index contributed by atoms with van der Waals surface area (Å²) in [5.41, 5.74) is 2.11. The first-order valence-corrected chi connectivity index (χ1v) is 5.66. The summed E-state index contributed by atoms with van der Waals surface area (Å²) in [4.78, 5) is 24.1. The zero-order chi connectivity index (χ0) is 13.7. The van der Waals surface area contributed by atoms with Crippen molar-refractivity contribution in [2.45, 2.75) is 19.5 Å². The van der Waals surface area contributed by atoms with Gasteiger partial charge in [0.25, 0.3) is 5.91 Å². The third-order valence-corrected chi connectivity index (χ3v) is 2.70. The third-order valence-electron chi connectivity index (χ3n) is 2.70. The minimum atomic E-state index is -1.19. The molecule has 0 aliphatic rings. The Bertz CT molecular complexity index is 428. The van der Waals surface area contributed by atoms with Crippen LogP contribution >= 0.6 is 0 Å². The summed E-state index contributed by atoms with van der Waals surface area (Å²) >= 11 is 0. The minimum Gasteiger partial charge on any atom is -0.480 e. The second kappa shape index (κ2) is 6.16. The van der Waals surface area contributed by atoms with Gasteiger partial charge in [-0.15, -0.1) is 0 Å². The number of carboxylic acid groups (broad SMARTS) is 1. The molecule has 0 aliphatic carbocycles. The Hall–Kier alpha value is -1.88. The van der Waals surface area contributed by atoms with E-state index in [4.69, 9.17) is 5.11 Å². The SMILES string of the molecule is CNC(C(=O)O)C(=O)N(C)Cc1ccc(C)cc1. The lowest BCUT2D eigenvalue weighted by Gasteiger charge is -2.21. The second-order valence-electron chi connectivity index (χ2n) is 4.24. The van der Waals surface area contributed by atoms with Crippen LogP contribution in [-0.2, 0) is 16.1 Å². The van der Waals surface area contributed by atoms with Crippen LogP contribution < -0.4 is 5.32 Å². The fourth-order valence-corrected chi connectivity index (χ4v) is 1.62. The molecule has 0 heterocycles. The van der Waals surface area contributed by atoms with Gasteiger partial charge in [0.1, 0.15) is 0 Å². The van der Waals surface area contributed by atoms with Crippen LogP contribution in [0, 0.1) is 6.92 Å². The van der Waals surface area contributed by atoms with Gasteiger partial charge in [0.2, 0.25) is 0 Å². The van der Waals surface area contributed by atoms with Crippen LogP contribution in [0.3, 0.4) is 0 Å². The second-order valence-corrected chi connectivity index (χ2v) is 4.24. The maximum absolute atomic E-state index is 11.9. The molecule has 0 spiro atoms. The zero-order valence-electron chi connectivity index (χ0n) is 10.8. The third kappa shape index (κ3) is 3.56. The van der Waals surface area contributed by atoms with Gasteiger partial charge < -0.3 is 10.0 Å². The van der Waals surface area contributed by atoms with E-state index in [2.05, 4.69) is 5.32 Å². The molecule has 1 atom stereocenters. The number of nitrogens with one attached hydrogen (secondary N) is 1. The van der Waals surface area contributed by atoms with E-state index in [1.165, 1.54) is 11.9 Å². The highest BCUT2D eigenvalue weighted by Gasteiger charge is 2.27. The van der Waals surface area contributed by atoms with E-state index in [0.29, 0.717) is 6.54 Å². The first-order chi connectivity index (χ1) is 8.45. The zero-order valence-corrected chi connectivity index (χ0v) is 10.8. The fourth-order valence-electron chi connectivity index (χ4n) is 1.62. The van der Waals surface area contributed by atoms with Gasteiger partial charge >= 0.3 is 5.97 Å². The molecule has 0 radical (unpaired) electrons. The Balaban J connectivity index is 2.70. The van der Waals surface area contributed by atoms with Crippen LogP contribution in [0.4, 0.5) is 0 Å². The van der Waals surface area contributed by atoms with Crippen molar-refractivity contribution in [3.63, 3.8) is 0 Å². The molecule has 5 nitrogen and oxygen atoms in total. The van der Waals surface area contributed by atoms with Crippen molar-refractivity contribution in [3.8, 4) is 0 Å². The van der Waals surface area contributed by atoms with Gasteiger partial charge in [-0.2, -0.15) is 0 Å². The Morgan fingerprint density at radius 2 is 1.89 bits per heavy atom. The average molecular weight is 250 g/mol. The maximum Gasteiger partial charge on any atom is 0.330 e. The van der Waals surface area contributed by atoms with Crippen LogP contribution in [-0.4, -0.2) is 42.0 Å². The molecule has 1 amide bonds. The molecule has 0 saturated heterocycles. The molecule has 0 aliphatic heterocycles. The number of benzene rings is 1. The van der Waals surface area contributed by atoms with Crippen molar-refractivity contribution in [2.24, 2.45) is 0 Å². The molecule has 18 heavy (non-hydrogen) atoms. The summed E-state index contributed by atoms with van der Waals surface area (Å²) < 4.78 is 0. The molecule has 0 aromatic heterocycles. The highest BCUT2D eigenvalue weighted by atomic mass is 16.4. The number of rotatable bonds is 5. The van der Waals surface area contributed by atoms with Crippen molar-refractivity contribution in [3.05, 3.63) is 35.4 Å². The van der Waals surface area contributed by atoms with Gasteiger partial charge in [0.05, 0.1) is 0 Å². The molecule has 0 fully saturated rings. The van der Waals surface area contributed by atoms with Gasteiger partial charge in [-0.25, -0.2) is 4.79 Å². The van der Waals surface area contributed by atoms with E-state index >= 15 is 0 Å². The summed E-state index contributed by atoms with van der Waals surface area (Å²) in [5, 5.41) is 11.4. The highest BCUT2D eigenvalue weighted by Crippen LogP contribution is 2.06. The molecule has 1 unspecified atom stereocenters. The first-order valence-electron chi connectivity index (χ1n) is 5.66. The Labute approximate surface area is 106 Å². The van der Waals surface area contributed by atoms with Crippen LogP contribution in [0.25, 0.3) is 0 Å². The monoisotopic (exact) mass is 250 g/mol. The number of carboxylic acids is 1. The molecule has 98 valence electrons. The number of hydrogen-bond acceptors (Lipinski definition) is 3. The fraction of sp³-hybridized carbons (Fsp3) is 0.385. The summed E-state index contributed by atoms with van der Waals surface area (Å²) in [6, 6.07) is 6.57. The number of aryl methyl sites for hydroxylation is 1. The van der Waals surface area contributed by atoms with Crippen molar-refractivity contribution < 1.29 is 14.7 Å². The van der Waals surface area contributed by atoms with E-state index in [0.717, 1.165) is 11.1 Å². The molecule has 1 aromatic rings. The molecule has 2 N–H and O–H groups in total. The lowest BCUT2D eigenvalue weighted by Crippen LogP contribution is -2.48. The van der Waals surface area contributed by atoms with E-state index in [1.54, 1.807) is 7.05 Å². The van der Waals surface area contributed by atoms with E-state index in [9.17, 15) is 9.59 Å². The highest BCUT2D eigenvalue weighted by molar-refractivity contribution is 6.00. The molecule has 0 saturated carbocycles. The molecular weight excluding hydrogens is 232 g/mol. The summed E-state index contributed by atoms with van der Waals surface area (Å²) in [6.07, 6.45) is 0. The summed E-state index contributed by atoms with van der Waals surface area (Å²) in [6.45, 7) is 2.38. The minimum absolute atomic E-state index is 0.393. The lowest BCUT2D eigenvalue weighted by molar-refractivity contribution is -0.147. The Morgan fingerprint density at radius 1 is 1.33 bits per heavy atom. The van der Waals surface area contributed by atoms with Crippen LogP contribution in [0.2, 0.25) is 0 Å². The number of amides is 1. The molecule has 1 rings (SSSR count). The predicted molar refractivity (Wildman–Crippen MR) is 68.1 cm³/mol. The van der Waals surface area contributed by atoms with Gasteiger partial charge in [0, 0.05) is 13.6 Å².